The van der Waals surface area contributed by atoms with Gasteiger partial charge < -0.3 is 4.74 Å². The molecular formula is C17H23NO4S. The van der Waals surface area contributed by atoms with E-state index in [1.807, 2.05) is 18.2 Å². The average molecular weight is 337 g/mol. The Morgan fingerprint density at radius 3 is 2.52 bits per heavy atom. The highest BCUT2D eigenvalue weighted by atomic mass is 32.2. The number of likely N-dealkylation sites (N-methyl/N-ethyl adjacent to an activating group) is 1. The highest BCUT2D eigenvalue weighted by molar-refractivity contribution is 7.90. The first kappa shape index (κ1) is 16.5. The van der Waals surface area contributed by atoms with E-state index in [0.29, 0.717) is 11.6 Å². The van der Waals surface area contributed by atoms with Crippen molar-refractivity contribution in [3.8, 4) is 0 Å². The van der Waals surface area contributed by atoms with Crippen LogP contribution in [0.1, 0.15) is 30.7 Å². The fourth-order valence-corrected chi connectivity index (χ4v) is 4.78. The molecule has 0 amide bonds. The average Bonchev–Trinajstić information content (AvgIpc) is 2.99. The monoisotopic (exact) mass is 337 g/mol. The molecule has 0 aromatic heterocycles. The van der Waals surface area contributed by atoms with Gasteiger partial charge in [0.25, 0.3) is 0 Å². The Morgan fingerprint density at radius 2 is 2.00 bits per heavy atom. The van der Waals surface area contributed by atoms with Crippen LogP contribution in [0.15, 0.2) is 30.3 Å². The lowest BCUT2D eigenvalue weighted by molar-refractivity contribution is -0.151. The van der Waals surface area contributed by atoms with Crippen LogP contribution in [0, 0.1) is 0 Å². The molecule has 2 heterocycles. The molecule has 2 aliphatic heterocycles. The van der Waals surface area contributed by atoms with E-state index in [2.05, 4.69) is 11.9 Å². The fourth-order valence-electron chi connectivity index (χ4n) is 3.85. The van der Waals surface area contributed by atoms with Gasteiger partial charge in [0.05, 0.1) is 11.7 Å². The number of hydrogen-bond donors (Lipinski definition) is 0. The summed E-state index contributed by atoms with van der Waals surface area (Å²) in [5.41, 5.74) is 0.694. The summed E-state index contributed by atoms with van der Waals surface area (Å²) < 4.78 is 29.2. The molecule has 2 saturated heterocycles. The van der Waals surface area contributed by atoms with Crippen molar-refractivity contribution in [3.05, 3.63) is 35.9 Å². The first-order valence-electron chi connectivity index (χ1n) is 8.00. The van der Waals surface area contributed by atoms with Gasteiger partial charge in [-0.05, 0) is 25.5 Å². The second-order valence-electron chi connectivity index (χ2n) is 6.73. The van der Waals surface area contributed by atoms with Crippen LogP contribution in [-0.4, -0.2) is 56.5 Å². The lowest BCUT2D eigenvalue weighted by atomic mass is 9.97. The smallest absolute Gasteiger partial charge is 0.314 e. The molecule has 4 atom stereocenters. The van der Waals surface area contributed by atoms with Crippen molar-refractivity contribution in [2.24, 2.45) is 0 Å². The Bertz CT molecular complexity index is 673. The second-order valence-corrected chi connectivity index (χ2v) is 8.92. The maximum Gasteiger partial charge on any atom is 0.314 e. The van der Waals surface area contributed by atoms with E-state index in [-0.39, 0.29) is 17.9 Å². The fraction of sp³-hybridized carbons (Fsp3) is 0.588. The third-order valence-corrected chi connectivity index (χ3v) is 5.99. The SMILES string of the molecule is CN1[C@H]2CC[C@H]1[C@@H](OC(=O)[C@H](CS(C)(=O)=O)c1ccccc1)C2. The van der Waals surface area contributed by atoms with Crippen LogP contribution in [0.2, 0.25) is 0 Å². The summed E-state index contributed by atoms with van der Waals surface area (Å²) in [5.74, 6) is -1.39. The molecule has 0 saturated carbocycles. The molecule has 2 bridgehead atoms. The molecule has 23 heavy (non-hydrogen) atoms. The molecule has 0 aliphatic carbocycles. The van der Waals surface area contributed by atoms with E-state index in [1.54, 1.807) is 12.1 Å². The maximum atomic E-state index is 12.7. The molecule has 6 heteroatoms. The molecule has 3 rings (SSSR count). The lowest BCUT2D eigenvalue weighted by Crippen LogP contribution is -2.35. The number of carbonyl (C=O) groups is 1. The molecule has 2 fully saturated rings. The van der Waals surface area contributed by atoms with Gasteiger partial charge in [-0.2, -0.15) is 0 Å². The number of carbonyl (C=O) groups excluding carboxylic acids is 1. The minimum Gasteiger partial charge on any atom is -0.460 e. The van der Waals surface area contributed by atoms with Gasteiger partial charge in [0.15, 0.2) is 0 Å². The Balaban J connectivity index is 1.76. The van der Waals surface area contributed by atoms with E-state index in [1.165, 1.54) is 0 Å². The van der Waals surface area contributed by atoms with Crippen molar-refractivity contribution in [3.63, 3.8) is 0 Å². The highest BCUT2D eigenvalue weighted by Crippen LogP contribution is 2.38. The van der Waals surface area contributed by atoms with E-state index < -0.39 is 21.7 Å². The number of rotatable bonds is 5. The van der Waals surface area contributed by atoms with Crippen molar-refractivity contribution < 1.29 is 17.9 Å². The van der Waals surface area contributed by atoms with Gasteiger partial charge in [-0.1, -0.05) is 30.3 Å². The summed E-state index contributed by atoms with van der Waals surface area (Å²) in [4.78, 5) is 14.9. The molecule has 2 aliphatic rings. The Labute approximate surface area is 137 Å². The predicted octanol–water partition coefficient (Wildman–Crippen LogP) is 1.59. The van der Waals surface area contributed by atoms with Gasteiger partial charge in [-0.3, -0.25) is 9.69 Å². The summed E-state index contributed by atoms with van der Waals surface area (Å²) in [6.45, 7) is 0. The van der Waals surface area contributed by atoms with Crippen molar-refractivity contribution >= 4 is 15.8 Å². The zero-order valence-electron chi connectivity index (χ0n) is 13.5. The first-order valence-corrected chi connectivity index (χ1v) is 10.1. The van der Waals surface area contributed by atoms with Crippen LogP contribution in [0.4, 0.5) is 0 Å². The molecule has 1 aromatic rings. The Kier molecular flexibility index (Phi) is 4.47. The summed E-state index contributed by atoms with van der Waals surface area (Å²) in [5, 5.41) is 0. The summed E-state index contributed by atoms with van der Waals surface area (Å²) in [7, 11) is -1.21. The Morgan fingerprint density at radius 1 is 1.30 bits per heavy atom. The van der Waals surface area contributed by atoms with E-state index in [9.17, 15) is 13.2 Å². The first-order chi connectivity index (χ1) is 10.8. The molecule has 0 N–H and O–H groups in total. The quantitative estimate of drug-likeness (QED) is 0.764. The summed E-state index contributed by atoms with van der Waals surface area (Å²) in [6, 6.07) is 9.79. The van der Waals surface area contributed by atoms with Crippen LogP contribution < -0.4 is 0 Å². The van der Waals surface area contributed by atoms with Crippen LogP contribution in [-0.2, 0) is 19.4 Å². The van der Waals surface area contributed by atoms with Gasteiger partial charge in [-0.25, -0.2) is 8.42 Å². The molecule has 0 spiro atoms. The van der Waals surface area contributed by atoms with Crippen LogP contribution in [0.5, 0.6) is 0 Å². The zero-order chi connectivity index (χ0) is 16.6. The van der Waals surface area contributed by atoms with Crippen LogP contribution in [0.3, 0.4) is 0 Å². The highest BCUT2D eigenvalue weighted by Gasteiger charge is 2.46. The minimum atomic E-state index is -3.28. The zero-order valence-corrected chi connectivity index (χ0v) is 14.3. The lowest BCUT2D eigenvalue weighted by Gasteiger charge is -2.24. The number of esters is 1. The number of ether oxygens (including phenoxy) is 1. The van der Waals surface area contributed by atoms with Gasteiger partial charge in [-0.15, -0.1) is 0 Å². The largest absolute Gasteiger partial charge is 0.460 e. The van der Waals surface area contributed by atoms with E-state index >= 15 is 0 Å². The van der Waals surface area contributed by atoms with Gasteiger partial charge in [0.1, 0.15) is 15.9 Å². The van der Waals surface area contributed by atoms with E-state index in [0.717, 1.165) is 25.5 Å². The molecule has 126 valence electrons. The summed E-state index contributed by atoms with van der Waals surface area (Å²) in [6.07, 6.45) is 4.09. The molecule has 0 radical (unpaired) electrons. The van der Waals surface area contributed by atoms with Crippen LogP contribution in [0.25, 0.3) is 0 Å². The number of hydrogen-bond acceptors (Lipinski definition) is 5. The topological polar surface area (TPSA) is 63.7 Å². The molecule has 0 unspecified atom stereocenters. The standard InChI is InChI=1S/C17H23NO4S/c1-18-13-8-9-15(18)16(10-13)22-17(19)14(11-23(2,20)21)12-6-4-3-5-7-12/h3-7,13-16H,8-11H2,1-2H3/t13-,14+,15-,16-/m0/s1. The van der Waals surface area contributed by atoms with Crippen molar-refractivity contribution in [2.45, 2.75) is 43.4 Å². The Hall–Kier alpha value is -1.40. The third-order valence-electron chi connectivity index (χ3n) is 5.05. The van der Waals surface area contributed by atoms with Crippen molar-refractivity contribution in [1.29, 1.82) is 0 Å². The van der Waals surface area contributed by atoms with Gasteiger partial charge in [0, 0.05) is 24.8 Å². The minimum absolute atomic E-state index is 0.114. The van der Waals surface area contributed by atoms with E-state index in [4.69, 9.17) is 4.74 Å². The molecular weight excluding hydrogens is 314 g/mol. The number of fused-ring (bicyclic) bond motifs is 2. The maximum absolute atomic E-state index is 12.7. The second kappa shape index (κ2) is 6.24. The van der Waals surface area contributed by atoms with Crippen molar-refractivity contribution in [1.82, 2.24) is 4.90 Å². The van der Waals surface area contributed by atoms with Crippen LogP contribution >= 0.6 is 0 Å². The summed E-state index contributed by atoms with van der Waals surface area (Å²) >= 11 is 0. The predicted molar refractivity (Wildman–Crippen MR) is 88.0 cm³/mol. The van der Waals surface area contributed by atoms with Gasteiger partial charge in [0.2, 0.25) is 0 Å². The number of nitrogens with zero attached hydrogens (tertiary/aromatic N) is 1. The van der Waals surface area contributed by atoms with Gasteiger partial charge >= 0.3 is 5.97 Å². The number of sulfone groups is 1. The normalized spacial score (nSPS) is 28.7. The number of benzene rings is 1. The molecule has 5 nitrogen and oxygen atoms in total. The molecule has 1 aromatic carbocycles. The third kappa shape index (κ3) is 3.58. The van der Waals surface area contributed by atoms with Crippen molar-refractivity contribution in [2.75, 3.05) is 19.1 Å².